The molecule has 1 aromatic heterocycles. The van der Waals surface area contributed by atoms with E-state index in [1.54, 1.807) is 43.3 Å². The Morgan fingerprint density at radius 2 is 1.77 bits per heavy atom. The number of hydrogen-bond acceptors (Lipinski definition) is 6. The molecule has 1 amide bonds. The minimum absolute atomic E-state index is 0.0748. The lowest BCUT2D eigenvalue weighted by molar-refractivity contribution is -0.159. The van der Waals surface area contributed by atoms with Crippen molar-refractivity contribution in [2.75, 3.05) is 18.5 Å². The minimum atomic E-state index is -1.44. The fraction of sp³-hybridized carbons (Fsp3) is 0.364. The molecule has 8 heteroatoms. The van der Waals surface area contributed by atoms with Gasteiger partial charge in [0, 0.05) is 12.1 Å². The van der Waals surface area contributed by atoms with Gasteiger partial charge in [0.15, 0.2) is 5.92 Å². The molecular weight excluding hydrogens is 388 g/mol. The van der Waals surface area contributed by atoms with Crippen molar-refractivity contribution >= 4 is 23.8 Å². The van der Waals surface area contributed by atoms with E-state index < -0.39 is 29.9 Å². The lowest BCUT2D eigenvalue weighted by atomic mass is 9.81. The number of carbonyl (C=O) groups is 3. The van der Waals surface area contributed by atoms with Crippen LogP contribution in [-0.4, -0.2) is 41.3 Å². The van der Waals surface area contributed by atoms with Crippen LogP contribution in [0.15, 0.2) is 48.7 Å². The van der Waals surface area contributed by atoms with Crippen molar-refractivity contribution in [3.05, 3.63) is 59.8 Å². The van der Waals surface area contributed by atoms with Crippen molar-refractivity contribution in [1.82, 2.24) is 4.98 Å². The fourth-order valence-electron chi connectivity index (χ4n) is 2.96. The first kappa shape index (κ1) is 22.9. The normalized spacial score (nSPS) is 12.5. The zero-order valence-electron chi connectivity index (χ0n) is 17.0. The lowest BCUT2D eigenvalue weighted by Crippen LogP contribution is -2.32. The molecule has 0 radical (unpaired) electrons. The van der Waals surface area contributed by atoms with Gasteiger partial charge in [0.1, 0.15) is 5.82 Å². The summed E-state index contributed by atoms with van der Waals surface area (Å²) in [6.45, 7) is 4.00. The van der Waals surface area contributed by atoms with Gasteiger partial charge in [0.25, 0.3) is 0 Å². The zero-order valence-corrected chi connectivity index (χ0v) is 17.0. The smallest absolute Gasteiger partial charge is 0.412 e. The molecule has 0 saturated heterocycles. The number of benzene rings is 1. The second-order valence-corrected chi connectivity index (χ2v) is 6.55. The molecule has 0 fully saturated rings. The van der Waals surface area contributed by atoms with Gasteiger partial charge in [-0.25, -0.2) is 9.78 Å². The number of pyridine rings is 1. The van der Waals surface area contributed by atoms with Crippen molar-refractivity contribution in [2.45, 2.75) is 32.6 Å². The molecule has 2 aromatic rings. The Bertz CT molecular complexity index is 838. The molecule has 8 nitrogen and oxygen atoms in total. The maximum atomic E-state index is 12.4. The Kier molecular flexibility index (Phi) is 8.80. The van der Waals surface area contributed by atoms with E-state index in [0.29, 0.717) is 17.7 Å². The number of carbonyl (C=O) groups excluding carboxylic acids is 2. The van der Waals surface area contributed by atoms with Gasteiger partial charge in [0.05, 0.1) is 13.2 Å². The topological polar surface area (TPSA) is 115 Å². The van der Waals surface area contributed by atoms with Gasteiger partial charge in [-0.3, -0.25) is 14.9 Å². The van der Waals surface area contributed by atoms with Gasteiger partial charge in [-0.05, 0) is 30.5 Å². The number of unbranched alkanes of at least 4 members (excludes halogenated alkanes) is 1. The highest BCUT2D eigenvalue weighted by Crippen LogP contribution is 2.33. The summed E-state index contributed by atoms with van der Waals surface area (Å²) in [5.41, 5.74) is 1.14. The molecule has 0 bridgehead atoms. The number of carboxylic acids is 1. The van der Waals surface area contributed by atoms with E-state index in [4.69, 9.17) is 9.47 Å². The summed E-state index contributed by atoms with van der Waals surface area (Å²) >= 11 is 0. The van der Waals surface area contributed by atoms with Crippen molar-refractivity contribution in [3.63, 3.8) is 0 Å². The van der Waals surface area contributed by atoms with Gasteiger partial charge in [-0.1, -0.05) is 49.7 Å². The van der Waals surface area contributed by atoms with Crippen LogP contribution in [0.5, 0.6) is 0 Å². The molecule has 2 unspecified atom stereocenters. The van der Waals surface area contributed by atoms with Crippen molar-refractivity contribution < 1.29 is 29.0 Å². The van der Waals surface area contributed by atoms with E-state index >= 15 is 0 Å². The highest BCUT2D eigenvalue weighted by atomic mass is 16.5. The number of anilines is 1. The number of esters is 1. The number of nitrogens with one attached hydrogen (secondary N) is 1. The van der Waals surface area contributed by atoms with Crippen molar-refractivity contribution in [2.24, 2.45) is 5.92 Å². The predicted octanol–water partition coefficient (Wildman–Crippen LogP) is 3.83. The zero-order chi connectivity index (χ0) is 21.9. The van der Waals surface area contributed by atoms with Crippen LogP contribution < -0.4 is 5.32 Å². The molecular formula is C22H26N2O6. The van der Waals surface area contributed by atoms with Gasteiger partial charge in [0.2, 0.25) is 0 Å². The summed E-state index contributed by atoms with van der Waals surface area (Å²) in [7, 11) is 0. The summed E-state index contributed by atoms with van der Waals surface area (Å²) in [5.74, 6) is -4.09. The Hall–Kier alpha value is -3.42. The van der Waals surface area contributed by atoms with Gasteiger partial charge < -0.3 is 14.6 Å². The van der Waals surface area contributed by atoms with Crippen LogP contribution in [0.2, 0.25) is 0 Å². The fourth-order valence-corrected chi connectivity index (χ4v) is 2.96. The van der Waals surface area contributed by atoms with Crippen LogP contribution in [-0.2, 0) is 19.1 Å². The molecule has 1 aromatic carbocycles. The van der Waals surface area contributed by atoms with E-state index in [1.165, 1.54) is 12.3 Å². The molecule has 0 aliphatic carbocycles. The molecule has 0 spiro atoms. The van der Waals surface area contributed by atoms with Crippen LogP contribution in [0, 0.1) is 5.92 Å². The number of ether oxygens (including phenoxy) is 2. The van der Waals surface area contributed by atoms with Crippen molar-refractivity contribution in [3.8, 4) is 0 Å². The molecule has 30 heavy (non-hydrogen) atoms. The molecule has 2 rings (SSSR count). The summed E-state index contributed by atoms with van der Waals surface area (Å²) in [6.07, 6.45) is 2.50. The van der Waals surface area contributed by atoms with Gasteiger partial charge in [-0.15, -0.1) is 0 Å². The monoisotopic (exact) mass is 414 g/mol. The minimum Gasteiger partial charge on any atom is -0.481 e. The Morgan fingerprint density at radius 1 is 1.03 bits per heavy atom. The number of amides is 1. The lowest BCUT2D eigenvalue weighted by Gasteiger charge is -2.23. The highest BCUT2D eigenvalue weighted by molar-refractivity contribution is 5.95. The third-order valence-corrected chi connectivity index (χ3v) is 4.41. The third kappa shape index (κ3) is 6.30. The maximum absolute atomic E-state index is 12.4. The Balaban J connectivity index is 2.29. The second kappa shape index (κ2) is 11.5. The Morgan fingerprint density at radius 3 is 2.33 bits per heavy atom. The van der Waals surface area contributed by atoms with Crippen LogP contribution in [0.25, 0.3) is 0 Å². The molecule has 2 N–H and O–H groups in total. The number of nitrogens with zero attached hydrogens (tertiary/aromatic N) is 1. The van der Waals surface area contributed by atoms with Crippen LogP contribution in [0.1, 0.15) is 43.7 Å². The number of aliphatic carboxylic acids is 1. The van der Waals surface area contributed by atoms with Crippen LogP contribution >= 0.6 is 0 Å². The van der Waals surface area contributed by atoms with Crippen LogP contribution in [0.4, 0.5) is 10.6 Å². The summed E-state index contributed by atoms with van der Waals surface area (Å²) in [4.78, 5) is 40.3. The van der Waals surface area contributed by atoms with E-state index in [9.17, 15) is 19.5 Å². The van der Waals surface area contributed by atoms with Crippen LogP contribution in [0.3, 0.4) is 0 Å². The predicted molar refractivity (Wildman–Crippen MR) is 110 cm³/mol. The Labute approximate surface area is 175 Å². The highest BCUT2D eigenvalue weighted by Gasteiger charge is 2.38. The molecule has 0 aliphatic heterocycles. The number of carboxylic acid groups (broad SMARTS) is 1. The van der Waals surface area contributed by atoms with E-state index in [0.717, 1.165) is 12.8 Å². The summed E-state index contributed by atoms with van der Waals surface area (Å²) in [5, 5.41) is 12.3. The summed E-state index contributed by atoms with van der Waals surface area (Å²) < 4.78 is 10.0. The van der Waals surface area contributed by atoms with E-state index in [-0.39, 0.29) is 12.4 Å². The quantitative estimate of drug-likeness (QED) is 0.345. The van der Waals surface area contributed by atoms with Crippen molar-refractivity contribution in [1.29, 1.82) is 0 Å². The number of aromatic nitrogens is 1. The number of rotatable bonds is 10. The first-order valence-corrected chi connectivity index (χ1v) is 9.82. The maximum Gasteiger partial charge on any atom is 0.412 e. The largest absolute Gasteiger partial charge is 0.481 e. The first-order valence-electron chi connectivity index (χ1n) is 9.82. The van der Waals surface area contributed by atoms with E-state index in [2.05, 4.69) is 10.3 Å². The average Bonchev–Trinajstić information content (AvgIpc) is 2.73. The standard InChI is InChI=1S/C22H26N2O6/c1-3-5-13-30-22(28)24-17-12-11-16(14-23-17)18(15-9-7-6-8-10-15)19(20(25)26)21(27)29-4-2/h6-12,14,18-19H,3-5,13H2,1-2H3,(H,25,26)(H,23,24,28). The summed E-state index contributed by atoms with van der Waals surface area (Å²) in [6, 6.07) is 12.0. The molecule has 2 atom stereocenters. The molecule has 0 saturated carbocycles. The van der Waals surface area contributed by atoms with E-state index in [1.807, 2.05) is 6.92 Å². The first-order chi connectivity index (χ1) is 14.5. The molecule has 1 heterocycles. The average molecular weight is 414 g/mol. The van der Waals surface area contributed by atoms with Gasteiger partial charge >= 0.3 is 18.0 Å². The molecule has 0 aliphatic rings. The number of hydrogen-bond donors (Lipinski definition) is 2. The SMILES string of the molecule is CCCCOC(=O)Nc1ccc(C(c2ccccc2)C(C(=O)O)C(=O)OCC)cn1. The molecule has 160 valence electrons. The third-order valence-electron chi connectivity index (χ3n) is 4.41. The second-order valence-electron chi connectivity index (χ2n) is 6.55. The van der Waals surface area contributed by atoms with Gasteiger partial charge in [-0.2, -0.15) is 0 Å².